The van der Waals surface area contributed by atoms with Crippen molar-refractivity contribution in [3.05, 3.63) is 29.8 Å². The summed E-state index contributed by atoms with van der Waals surface area (Å²) in [6, 6.07) is 6.72. The first kappa shape index (κ1) is 19.9. The van der Waals surface area contributed by atoms with Gasteiger partial charge in [0.1, 0.15) is 0 Å². The van der Waals surface area contributed by atoms with Gasteiger partial charge in [0.15, 0.2) is 0 Å². The molecule has 1 amide bonds. The Kier molecular flexibility index (Phi) is 7.02. The van der Waals surface area contributed by atoms with E-state index in [9.17, 15) is 13.2 Å². The summed E-state index contributed by atoms with van der Waals surface area (Å²) in [5, 5.41) is 3.07. The van der Waals surface area contributed by atoms with Crippen molar-refractivity contribution in [2.75, 3.05) is 13.1 Å². The van der Waals surface area contributed by atoms with E-state index >= 15 is 0 Å². The number of rotatable bonds is 7. The number of hydrogen-bond acceptors (Lipinski definition) is 3. The van der Waals surface area contributed by atoms with Crippen molar-refractivity contribution in [3.63, 3.8) is 0 Å². The van der Waals surface area contributed by atoms with Gasteiger partial charge in [0.25, 0.3) is 0 Å². The topological polar surface area (TPSA) is 66.5 Å². The number of nitrogens with zero attached hydrogens (tertiary/aromatic N) is 1. The van der Waals surface area contributed by atoms with Gasteiger partial charge >= 0.3 is 0 Å². The van der Waals surface area contributed by atoms with Crippen LogP contribution in [0, 0.1) is 5.92 Å². The molecule has 25 heavy (non-hydrogen) atoms. The predicted octanol–water partition coefficient (Wildman–Crippen LogP) is 3.47. The third-order valence-corrected chi connectivity index (χ3v) is 7.12. The second-order valence-electron chi connectivity index (χ2n) is 6.72. The molecule has 0 spiro atoms. The normalized spacial score (nSPS) is 17.4. The monoisotopic (exact) mass is 366 g/mol. The number of nitrogens with one attached hydrogen (secondary N) is 1. The molecule has 0 aromatic heterocycles. The second-order valence-corrected chi connectivity index (χ2v) is 8.66. The Balaban J connectivity index is 2.04. The van der Waals surface area contributed by atoms with Crippen LogP contribution < -0.4 is 5.32 Å². The zero-order valence-corrected chi connectivity index (χ0v) is 16.3. The summed E-state index contributed by atoms with van der Waals surface area (Å²) < 4.78 is 26.5. The van der Waals surface area contributed by atoms with Gasteiger partial charge in [0.05, 0.1) is 10.9 Å². The van der Waals surface area contributed by atoms with E-state index in [4.69, 9.17) is 0 Å². The molecule has 0 aliphatic heterocycles. The highest BCUT2D eigenvalue weighted by atomic mass is 32.2. The van der Waals surface area contributed by atoms with Crippen LogP contribution in [0.15, 0.2) is 29.2 Å². The molecule has 1 aliphatic rings. The molecule has 140 valence electrons. The minimum atomic E-state index is -3.44. The number of benzene rings is 1. The molecule has 6 heteroatoms. The average Bonchev–Trinajstić information content (AvgIpc) is 2.63. The molecule has 1 saturated carbocycles. The van der Waals surface area contributed by atoms with Crippen LogP contribution in [0.5, 0.6) is 0 Å². The maximum atomic E-state index is 12.5. The summed E-state index contributed by atoms with van der Waals surface area (Å²) in [4.78, 5) is 12.7. The van der Waals surface area contributed by atoms with Gasteiger partial charge in [-0.3, -0.25) is 4.79 Å². The molecule has 1 fully saturated rings. The molecule has 2 rings (SSSR count). The largest absolute Gasteiger partial charge is 0.349 e. The fourth-order valence-electron chi connectivity index (χ4n) is 3.42. The van der Waals surface area contributed by atoms with Crippen molar-refractivity contribution < 1.29 is 13.2 Å². The standard InChI is InChI=1S/C19H30N2O3S/c1-4-21(5-2)25(23,24)18-13-11-16(12-14-18)15(3)20-19(22)17-9-7-6-8-10-17/h11-15,17H,4-10H2,1-3H3,(H,20,22)/t15-/m0/s1. The number of carbonyl (C=O) groups excluding carboxylic acids is 1. The van der Waals surface area contributed by atoms with Crippen molar-refractivity contribution in [1.29, 1.82) is 0 Å². The fourth-order valence-corrected chi connectivity index (χ4v) is 4.88. The van der Waals surface area contributed by atoms with E-state index in [0.717, 1.165) is 31.2 Å². The van der Waals surface area contributed by atoms with Gasteiger partial charge in [0, 0.05) is 19.0 Å². The Morgan fingerprint density at radius 2 is 1.68 bits per heavy atom. The van der Waals surface area contributed by atoms with Gasteiger partial charge in [-0.25, -0.2) is 8.42 Å². The molecule has 0 saturated heterocycles. The van der Waals surface area contributed by atoms with Gasteiger partial charge < -0.3 is 5.32 Å². The van der Waals surface area contributed by atoms with Gasteiger partial charge in [-0.2, -0.15) is 4.31 Å². The molecule has 0 heterocycles. The predicted molar refractivity (Wildman–Crippen MR) is 99.7 cm³/mol. The first-order valence-corrected chi connectivity index (χ1v) is 10.7. The van der Waals surface area contributed by atoms with E-state index < -0.39 is 10.0 Å². The van der Waals surface area contributed by atoms with Gasteiger partial charge in [-0.15, -0.1) is 0 Å². The molecule has 5 nitrogen and oxygen atoms in total. The molecular weight excluding hydrogens is 336 g/mol. The van der Waals surface area contributed by atoms with Crippen LogP contribution in [-0.2, 0) is 14.8 Å². The lowest BCUT2D eigenvalue weighted by Crippen LogP contribution is -2.34. The Morgan fingerprint density at radius 3 is 2.20 bits per heavy atom. The summed E-state index contributed by atoms with van der Waals surface area (Å²) in [5.74, 6) is 0.241. The average molecular weight is 367 g/mol. The van der Waals surface area contributed by atoms with Crippen LogP contribution in [0.3, 0.4) is 0 Å². The molecule has 0 radical (unpaired) electrons. The zero-order chi connectivity index (χ0) is 18.4. The second kappa shape index (κ2) is 8.81. The first-order valence-electron chi connectivity index (χ1n) is 9.30. The smallest absolute Gasteiger partial charge is 0.243 e. The Hall–Kier alpha value is -1.40. The van der Waals surface area contributed by atoms with E-state index in [1.165, 1.54) is 10.7 Å². The fraction of sp³-hybridized carbons (Fsp3) is 0.632. The van der Waals surface area contributed by atoms with Gasteiger partial charge in [-0.05, 0) is 37.5 Å². The highest BCUT2D eigenvalue weighted by Crippen LogP contribution is 2.25. The maximum Gasteiger partial charge on any atom is 0.243 e. The summed E-state index contributed by atoms with van der Waals surface area (Å²) in [7, 11) is -3.44. The number of sulfonamides is 1. The van der Waals surface area contributed by atoms with E-state index in [2.05, 4.69) is 5.32 Å². The van der Waals surface area contributed by atoms with Crippen LogP contribution in [0.2, 0.25) is 0 Å². The Bertz CT molecular complexity index is 660. The summed E-state index contributed by atoms with van der Waals surface area (Å²) in [5.41, 5.74) is 0.919. The summed E-state index contributed by atoms with van der Waals surface area (Å²) in [6.07, 6.45) is 5.43. The SMILES string of the molecule is CCN(CC)S(=O)(=O)c1ccc([C@H](C)NC(=O)C2CCCCC2)cc1. The highest BCUT2D eigenvalue weighted by molar-refractivity contribution is 7.89. The van der Waals surface area contributed by atoms with Crippen LogP contribution in [-0.4, -0.2) is 31.7 Å². The lowest BCUT2D eigenvalue weighted by Gasteiger charge is -2.23. The minimum Gasteiger partial charge on any atom is -0.349 e. The Labute approximate surface area is 151 Å². The maximum absolute atomic E-state index is 12.5. The molecule has 1 N–H and O–H groups in total. The van der Waals surface area contributed by atoms with Crippen molar-refractivity contribution in [2.24, 2.45) is 5.92 Å². The van der Waals surface area contributed by atoms with Crippen molar-refractivity contribution in [1.82, 2.24) is 9.62 Å². The third-order valence-electron chi connectivity index (χ3n) is 5.06. The van der Waals surface area contributed by atoms with Crippen molar-refractivity contribution >= 4 is 15.9 Å². The Morgan fingerprint density at radius 1 is 1.12 bits per heavy atom. The quantitative estimate of drug-likeness (QED) is 0.803. The number of hydrogen-bond donors (Lipinski definition) is 1. The molecule has 0 bridgehead atoms. The van der Waals surface area contributed by atoms with Crippen LogP contribution in [0.25, 0.3) is 0 Å². The molecular formula is C19H30N2O3S. The summed E-state index contributed by atoms with van der Waals surface area (Å²) >= 11 is 0. The van der Waals surface area contributed by atoms with Gasteiger partial charge in [-0.1, -0.05) is 45.2 Å². The third kappa shape index (κ3) is 4.82. The van der Waals surface area contributed by atoms with E-state index in [1.807, 2.05) is 20.8 Å². The van der Waals surface area contributed by atoms with E-state index in [0.29, 0.717) is 18.0 Å². The van der Waals surface area contributed by atoms with E-state index in [1.54, 1.807) is 24.3 Å². The minimum absolute atomic E-state index is 0.118. The van der Waals surface area contributed by atoms with Gasteiger partial charge in [0.2, 0.25) is 15.9 Å². The number of carbonyl (C=O) groups is 1. The molecule has 1 aromatic rings. The lowest BCUT2D eigenvalue weighted by molar-refractivity contribution is -0.126. The highest BCUT2D eigenvalue weighted by Gasteiger charge is 2.24. The van der Waals surface area contributed by atoms with E-state index in [-0.39, 0.29) is 17.9 Å². The van der Waals surface area contributed by atoms with Crippen LogP contribution in [0.1, 0.15) is 64.5 Å². The molecule has 1 atom stereocenters. The van der Waals surface area contributed by atoms with Crippen molar-refractivity contribution in [3.8, 4) is 0 Å². The lowest BCUT2D eigenvalue weighted by atomic mass is 9.88. The summed E-state index contributed by atoms with van der Waals surface area (Å²) in [6.45, 7) is 6.51. The first-order chi connectivity index (χ1) is 11.9. The van der Waals surface area contributed by atoms with Crippen molar-refractivity contribution in [2.45, 2.75) is 63.8 Å². The molecule has 1 aliphatic carbocycles. The van der Waals surface area contributed by atoms with Crippen LogP contribution in [0.4, 0.5) is 0 Å². The molecule has 1 aromatic carbocycles. The number of amides is 1. The molecule has 0 unspecified atom stereocenters. The van der Waals surface area contributed by atoms with Crippen LogP contribution >= 0.6 is 0 Å². The zero-order valence-electron chi connectivity index (χ0n) is 15.5.